The molecule has 0 fully saturated rings. The Labute approximate surface area is 68.0 Å². The molecule has 0 aliphatic heterocycles. The first-order valence-corrected chi connectivity index (χ1v) is 4.32. The predicted octanol–water partition coefficient (Wildman–Crippen LogP) is 2.23. The SMILES string of the molecule is CCCc1[nH]c(C)nc1CC. The summed E-state index contributed by atoms with van der Waals surface area (Å²) < 4.78 is 0. The summed E-state index contributed by atoms with van der Waals surface area (Å²) in [7, 11) is 0. The first kappa shape index (κ1) is 8.31. The zero-order valence-electron chi connectivity index (χ0n) is 7.57. The molecule has 0 amide bonds. The number of nitrogens with zero attached hydrogens (tertiary/aromatic N) is 1. The summed E-state index contributed by atoms with van der Waals surface area (Å²) in [5.74, 6) is 1.05. The molecule has 0 radical (unpaired) electrons. The molecule has 2 nitrogen and oxygen atoms in total. The fourth-order valence-electron chi connectivity index (χ4n) is 1.34. The fourth-order valence-corrected chi connectivity index (χ4v) is 1.34. The van der Waals surface area contributed by atoms with E-state index < -0.39 is 0 Å². The Balaban J connectivity index is 2.83. The number of rotatable bonds is 3. The van der Waals surface area contributed by atoms with Gasteiger partial charge in [-0.3, -0.25) is 0 Å². The summed E-state index contributed by atoms with van der Waals surface area (Å²) in [6.45, 7) is 6.35. The van der Waals surface area contributed by atoms with Gasteiger partial charge in [0, 0.05) is 5.69 Å². The first-order valence-electron chi connectivity index (χ1n) is 4.32. The third-order valence-electron chi connectivity index (χ3n) is 1.82. The quantitative estimate of drug-likeness (QED) is 0.707. The minimum absolute atomic E-state index is 1.04. The molecular formula is C9H16N2. The van der Waals surface area contributed by atoms with Gasteiger partial charge in [0.2, 0.25) is 0 Å². The van der Waals surface area contributed by atoms with Gasteiger partial charge in [0.15, 0.2) is 0 Å². The van der Waals surface area contributed by atoms with Crippen LogP contribution in [0.25, 0.3) is 0 Å². The molecule has 1 rings (SSSR count). The van der Waals surface area contributed by atoms with Crippen molar-refractivity contribution in [2.45, 2.75) is 40.0 Å². The standard InChI is InChI=1S/C9H16N2/c1-4-6-9-8(5-2)10-7(3)11-9/h4-6H2,1-3H3,(H,10,11). The maximum Gasteiger partial charge on any atom is 0.103 e. The molecule has 0 saturated heterocycles. The van der Waals surface area contributed by atoms with E-state index in [0.717, 1.165) is 18.7 Å². The highest BCUT2D eigenvalue weighted by atomic mass is 14.9. The molecule has 0 spiro atoms. The number of hydrogen-bond donors (Lipinski definition) is 1. The van der Waals surface area contributed by atoms with Gasteiger partial charge in [0.25, 0.3) is 0 Å². The normalized spacial score (nSPS) is 10.5. The highest BCUT2D eigenvalue weighted by Gasteiger charge is 2.03. The molecule has 0 aliphatic rings. The molecule has 2 heteroatoms. The minimum atomic E-state index is 1.04. The van der Waals surface area contributed by atoms with E-state index in [0.29, 0.717) is 0 Å². The van der Waals surface area contributed by atoms with Crippen molar-refractivity contribution in [1.29, 1.82) is 0 Å². The number of aromatic amines is 1. The molecule has 0 aromatic carbocycles. The summed E-state index contributed by atoms with van der Waals surface area (Å²) in [6.07, 6.45) is 3.36. The van der Waals surface area contributed by atoms with Crippen LogP contribution in [0.2, 0.25) is 0 Å². The van der Waals surface area contributed by atoms with Crippen LogP contribution >= 0.6 is 0 Å². The minimum Gasteiger partial charge on any atom is -0.346 e. The van der Waals surface area contributed by atoms with Crippen molar-refractivity contribution in [3.05, 3.63) is 17.2 Å². The van der Waals surface area contributed by atoms with Gasteiger partial charge in [-0.2, -0.15) is 0 Å². The van der Waals surface area contributed by atoms with Crippen molar-refractivity contribution < 1.29 is 0 Å². The number of aryl methyl sites for hydroxylation is 3. The molecule has 62 valence electrons. The lowest BCUT2D eigenvalue weighted by atomic mass is 10.2. The van der Waals surface area contributed by atoms with E-state index in [-0.39, 0.29) is 0 Å². The van der Waals surface area contributed by atoms with Crippen molar-refractivity contribution in [2.24, 2.45) is 0 Å². The van der Waals surface area contributed by atoms with Crippen molar-refractivity contribution in [2.75, 3.05) is 0 Å². The van der Waals surface area contributed by atoms with Crippen LogP contribution in [-0.2, 0) is 12.8 Å². The van der Waals surface area contributed by atoms with Crippen LogP contribution in [-0.4, -0.2) is 9.97 Å². The lowest BCUT2D eigenvalue weighted by molar-refractivity contribution is 0.866. The van der Waals surface area contributed by atoms with E-state index in [4.69, 9.17) is 0 Å². The van der Waals surface area contributed by atoms with E-state index >= 15 is 0 Å². The lowest BCUT2D eigenvalue weighted by Gasteiger charge is -1.95. The molecule has 1 heterocycles. The molecular weight excluding hydrogens is 136 g/mol. The smallest absolute Gasteiger partial charge is 0.103 e. The highest BCUT2D eigenvalue weighted by molar-refractivity contribution is 5.14. The third kappa shape index (κ3) is 1.82. The maximum absolute atomic E-state index is 4.39. The van der Waals surface area contributed by atoms with Crippen LogP contribution in [0.5, 0.6) is 0 Å². The Morgan fingerprint density at radius 2 is 2.09 bits per heavy atom. The van der Waals surface area contributed by atoms with Gasteiger partial charge in [0.1, 0.15) is 5.82 Å². The molecule has 11 heavy (non-hydrogen) atoms. The van der Waals surface area contributed by atoms with E-state index in [1.165, 1.54) is 17.8 Å². The van der Waals surface area contributed by atoms with Gasteiger partial charge in [-0.1, -0.05) is 20.3 Å². The predicted molar refractivity (Wildman–Crippen MR) is 46.7 cm³/mol. The summed E-state index contributed by atoms with van der Waals surface area (Å²) >= 11 is 0. The number of nitrogens with one attached hydrogen (secondary N) is 1. The molecule has 0 saturated carbocycles. The molecule has 0 unspecified atom stereocenters. The van der Waals surface area contributed by atoms with E-state index in [2.05, 4.69) is 23.8 Å². The zero-order chi connectivity index (χ0) is 8.27. The molecule has 1 aromatic heterocycles. The summed E-state index contributed by atoms with van der Waals surface area (Å²) in [5.41, 5.74) is 2.57. The third-order valence-corrected chi connectivity index (χ3v) is 1.82. The van der Waals surface area contributed by atoms with Crippen LogP contribution in [0, 0.1) is 6.92 Å². The first-order chi connectivity index (χ1) is 5.27. The number of aromatic nitrogens is 2. The van der Waals surface area contributed by atoms with Gasteiger partial charge in [0.05, 0.1) is 5.69 Å². The maximum atomic E-state index is 4.39. The van der Waals surface area contributed by atoms with Crippen molar-refractivity contribution in [1.82, 2.24) is 9.97 Å². The molecule has 0 aliphatic carbocycles. The van der Waals surface area contributed by atoms with Gasteiger partial charge in [-0.05, 0) is 19.8 Å². The number of hydrogen-bond acceptors (Lipinski definition) is 1. The van der Waals surface area contributed by atoms with Crippen molar-refractivity contribution in [3.63, 3.8) is 0 Å². The van der Waals surface area contributed by atoms with E-state index in [1.54, 1.807) is 0 Å². The van der Waals surface area contributed by atoms with Crippen LogP contribution in [0.3, 0.4) is 0 Å². The Morgan fingerprint density at radius 3 is 2.64 bits per heavy atom. The Morgan fingerprint density at radius 1 is 1.36 bits per heavy atom. The average Bonchev–Trinajstić information content (AvgIpc) is 2.32. The van der Waals surface area contributed by atoms with Gasteiger partial charge >= 0.3 is 0 Å². The van der Waals surface area contributed by atoms with Crippen LogP contribution < -0.4 is 0 Å². The van der Waals surface area contributed by atoms with Crippen LogP contribution in [0.1, 0.15) is 37.5 Å². The molecule has 1 aromatic rings. The van der Waals surface area contributed by atoms with Crippen molar-refractivity contribution >= 4 is 0 Å². The monoisotopic (exact) mass is 152 g/mol. The zero-order valence-corrected chi connectivity index (χ0v) is 7.57. The second-order valence-electron chi connectivity index (χ2n) is 2.85. The Bertz CT molecular complexity index is 225. The summed E-state index contributed by atoms with van der Waals surface area (Å²) in [6, 6.07) is 0. The largest absolute Gasteiger partial charge is 0.346 e. The summed E-state index contributed by atoms with van der Waals surface area (Å²) in [4.78, 5) is 7.68. The van der Waals surface area contributed by atoms with Crippen molar-refractivity contribution in [3.8, 4) is 0 Å². The second kappa shape index (κ2) is 3.56. The molecule has 1 N–H and O–H groups in total. The van der Waals surface area contributed by atoms with Gasteiger partial charge in [-0.15, -0.1) is 0 Å². The van der Waals surface area contributed by atoms with Crippen LogP contribution in [0.4, 0.5) is 0 Å². The fraction of sp³-hybridized carbons (Fsp3) is 0.667. The second-order valence-corrected chi connectivity index (χ2v) is 2.85. The molecule has 0 bridgehead atoms. The van der Waals surface area contributed by atoms with Gasteiger partial charge < -0.3 is 4.98 Å². The van der Waals surface area contributed by atoms with E-state index in [9.17, 15) is 0 Å². The lowest BCUT2D eigenvalue weighted by Crippen LogP contribution is -1.89. The molecule has 0 atom stereocenters. The highest BCUT2D eigenvalue weighted by Crippen LogP contribution is 2.08. The Kier molecular flexibility index (Phi) is 2.69. The topological polar surface area (TPSA) is 28.7 Å². The number of H-pyrrole nitrogens is 1. The van der Waals surface area contributed by atoms with Crippen LogP contribution in [0.15, 0.2) is 0 Å². The number of imidazole rings is 1. The summed E-state index contributed by atoms with van der Waals surface area (Å²) in [5, 5.41) is 0. The van der Waals surface area contributed by atoms with Gasteiger partial charge in [-0.25, -0.2) is 4.98 Å². The Hall–Kier alpha value is -0.790. The average molecular weight is 152 g/mol. The van der Waals surface area contributed by atoms with E-state index in [1.807, 2.05) is 6.92 Å².